The summed E-state index contributed by atoms with van der Waals surface area (Å²) in [6.45, 7) is 7.92. The standard InChI is InChI=1S/C12H23N3O.2ClH/c1-2-14-8-4-3-5-11(14)12(16)15-9-6-13-7-10-15;;/h11,13H,2-10H2,1H3;2*1H/t11-;;/m0../s1. The van der Waals surface area contributed by atoms with Gasteiger partial charge in [0, 0.05) is 26.2 Å². The highest BCUT2D eigenvalue weighted by Crippen LogP contribution is 2.18. The number of likely N-dealkylation sites (tertiary alicyclic amines) is 1. The molecule has 0 saturated carbocycles. The van der Waals surface area contributed by atoms with Crippen molar-refractivity contribution in [2.45, 2.75) is 32.2 Å². The fraction of sp³-hybridized carbons (Fsp3) is 0.917. The van der Waals surface area contributed by atoms with Gasteiger partial charge < -0.3 is 10.2 Å². The third-order valence-electron chi connectivity index (χ3n) is 3.73. The van der Waals surface area contributed by atoms with Gasteiger partial charge in [-0.1, -0.05) is 13.3 Å². The summed E-state index contributed by atoms with van der Waals surface area (Å²) in [6, 6.07) is 0.164. The molecule has 2 aliphatic rings. The lowest BCUT2D eigenvalue weighted by atomic mass is 10.0. The van der Waals surface area contributed by atoms with Gasteiger partial charge in [0.25, 0.3) is 0 Å². The zero-order valence-corrected chi connectivity index (χ0v) is 12.7. The first-order valence-electron chi connectivity index (χ1n) is 6.56. The molecular weight excluding hydrogens is 273 g/mol. The number of halogens is 2. The van der Waals surface area contributed by atoms with Crippen molar-refractivity contribution in [2.75, 3.05) is 39.3 Å². The molecule has 0 aromatic rings. The van der Waals surface area contributed by atoms with Crippen LogP contribution in [0.1, 0.15) is 26.2 Å². The van der Waals surface area contributed by atoms with Gasteiger partial charge in [0.1, 0.15) is 0 Å². The van der Waals surface area contributed by atoms with Crippen molar-refractivity contribution in [1.82, 2.24) is 15.1 Å². The minimum absolute atomic E-state index is 0. The van der Waals surface area contributed by atoms with Crippen LogP contribution in [0.5, 0.6) is 0 Å². The van der Waals surface area contributed by atoms with Crippen LogP contribution in [-0.4, -0.2) is 61.0 Å². The number of amides is 1. The zero-order chi connectivity index (χ0) is 11.4. The third kappa shape index (κ3) is 4.26. The van der Waals surface area contributed by atoms with Crippen LogP contribution in [0.4, 0.5) is 0 Å². The summed E-state index contributed by atoms with van der Waals surface area (Å²) in [5, 5.41) is 3.29. The number of piperazine rings is 1. The molecule has 0 spiro atoms. The van der Waals surface area contributed by atoms with Gasteiger partial charge in [-0.15, -0.1) is 24.8 Å². The summed E-state index contributed by atoms with van der Waals surface area (Å²) in [4.78, 5) is 16.8. The fourth-order valence-corrected chi connectivity index (χ4v) is 2.75. The Balaban J connectivity index is 0.00000144. The number of hydrogen-bond donors (Lipinski definition) is 1. The lowest BCUT2D eigenvalue weighted by Crippen LogP contribution is -2.55. The van der Waals surface area contributed by atoms with Crippen LogP contribution < -0.4 is 5.32 Å². The zero-order valence-electron chi connectivity index (χ0n) is 11.1. The quantitative estimate of drug-likeness (QED) is 0.830. The molecule has 2 aliphatic heterocycles. The van der Waals surface area contributed by atoms with Crippen molar-refractivity contribution in [3.63, 3.8) is 0 Å². The van der Waals surface area contributed by atoms with Crippen LogP contribution >= 0.6 is 24.8 Å². The van der Waals surface area contributed by atoms with Gasteiger partial charge in [0.2, 0.25) is 5.91 Å². The number of carbonyl (C=O) groups excluding carboxylic acids is 1. The molecule has 0 aromatic heterocycles. The van der Waals surface area contributed by atoms with Crippen LogP contribution in [0.3, 0.4) is 0 Å². The van der Waals surface area contributed by atoms with Crippen molar-refractivity contribution in [3.05, 3.63) is 0 Å². The van der Waals surface area contributed by atoms with E-state index >= 15 is 0 Å². The van der Waals surface area contributed by atoms with Gasteiger partial charge in [0.05, 0.1) is 6.04 Å². The molecule has 2 saturated heterocycles. The molecule has 4 nitrogen and oxygen atoms in total. The topological polar surface area (TPSA) is 35.6 Å². The summed E-state index contributed by atoms with van der Waals surface area (Å²) in [6.07, 6.45) is 3.51. The summed E-state index contributed by atoms with van der Waals surface area (Å²) in [7, 11) is 0. The minimum atomic E-state index is 0. The number of nitrogens with one attached hydrogen (secondary N) is 1. The van der Waals surface area contributed by atoms with Gasteiger partial charge in [0.15, 0.2) is 0 Å². The van der Waals surface area contributed by atoms with Gasteiger partial charge in [-0.3, -0.25) is 9.69 Å². The number of rotatable bonds is 2. The first-order valence-corrected chi connectivity index (χ1v) is 6.56. The second-order valence-corrected chi connectivity index (χ2v) is 4.72. The molecule has 1 amide bonds. The maximum absolute atomic E-state index is 12.4. The van der Waals surface area contributed by atoms with Crippen LogP contribution in [-0.2, 0) is 4.79 Å². The molecule has 6 heteroatoms. The number of likely N-dealkylation sites (N-methyl/N-ethyl adjacent to an activating group) is 1. The molecule has 2 heterocycles. The Bertz CT molecular complexity index is 247. The van der Waals surface area contributed by atoms with Crippen molar-refractivity contribution in [1.29, 1.82) is 0 Å². The van der Waals surface area contributed by atoms with Crippen molar-refractivity contribution in [2.24, 2.45) is 0 Å². The molecular formula is C12H25Cl2N3O. The van der Waals surface area contributed by atoms with E-state index in [4.69, 9.17) is 0 Å². The second-order valence-electron chi connectivity index (χ2n) is 4.72. The van der Waals surface area contributed by atoms with E-state index in [1.807, 2.05) is 4.90 Å². The first-order chi connectivity index (χ1) is 7.83. The van der Waals surface area contributed by atoms with E-state index in [1.54, 1.807) is 0 Å². The van der Waals surface area contributed by atoms with Crippen LogP contribution in [0, 0.1) is 0 Å². The molecule has 0 radical (unpaired) electrons. The van der Waals surface area contributed by atoms with Gasteiger partial charge >= 0.3 is 0 Å². The minimum Gasteiger partial charge on any atom is -0.339 e. The largest absolute Gasteiger partial charge is 0.339 e. The highest BCUT2D eigenvalue weighted by molar-refractivity contribution is 5.85. The van der Waals surface area contributed by atoms with Crippen LogP contribution in [0.15, 0.2) is 0 Å². The Kier molecular flexibility index (Phi) is 8.95. The van der Waals surface area contributed by atoms with Gasteiger partial charge in [-0.05, 0) is 25.9 Å². The third-order valence-corrected chi connectivity index (χ3v) is 3.73. The SMILES string of the molecule is CCN1CCCC[C@H]1C(=O)N1CCNCC1.Cl.Cl. The Morgan fingerprint density at radius 2 is 1.83 bits per heavy atom. The molecule has 1 N–H and O–H groups in total. The molecule has 18 heavy (non-hydrogen) atoms. The van der Waals surface area contributed by atoms with E-state index in [9.17, 15) is 4.79 Å². The molecule has 2 fully saturated rings. The maximum atomic E-state index is 12.4. The van der Waals surface area contributed by atoms with Crippen LogP contribution in [0.25, 0.3) is 0 Å². The Hall–Kier alpha value is -0.0300. The number of nitrogens with zero attached hydrogens (tertiary/aromatic N) is 2. The predicted octanol–water partition coefficient (Wildman–Crippen LogP) is 1.14. The maximum Gasteiger partial charge on any atom is 0.240 e. The van der Waals surface area contributed by atoms with Crippen molar-refractivity contribution >= 4 is 30.7 Å². The van der Waals surface area contributed by atoms with E-state index in [1.165, 1.54) is 12.8 Å². The Morgan fingerprint density at radius 3 is 2.44 bits per heavy atom. The second kappa shape index (κ2) is 8.97. The molecule has 2 rings (SSSR count). The molecule has 108 valence electrons. The molecule has 0 aromatic carbocycles. The molecule has 1 atom stereocenters. The van der Waals surface area contributed by atoms with E-state index in [2.05, 4.69) is 17.1 Å². The van der Waals surface area contributed by atoms with E-state index in [0.29, 0.717) is 5.91 Å². The number of hydrogen-bond acceptors (Lipinski definition) is 3. The predicted molar refractivity (Wildman–Crippen MR) is 78.8 cm³/mol. The highest BCUT2D eigenvalue weighted by atomic mass is 35.5. The average molecular weight is 298 g/mol. The smallest absolute Gasteiger partial charge is 0.240 e. The Morgan fingerprint density at radius 1 is 1.17 bits per heavy atom. The lowest BCUT2D eigenvalue weighted by Gasteiger charge is -2.38. The fourth-order valence-electron chi connectivity index (χ4n) is 2.75. The van der Waals surface area contributed by atoms with Crippen molar-refractivity contribution in [3.8, 4) is 0 Å². The summed E-state index contributed by atoms with van der Waals surface area (Å²) in [5.74, 6) is 0.364. The van der Waals surface area contributed by atoms with E-state index in [0.717, 1.165) is 45.7 Å². The first kappa shape index (κ1) is 18.0. The molecule has 0 bridgehead atoms. The van der Waals surface area contributed by atoms with E-state index in [-0.39, 0.29) is 30.9 Å². The normalized spacial score (nSPS) is 24.9. The number of piperidine rings is 1. The number of carbonyl (C=O) groups is 1. The molecule has 0 unspecified atom stereocenters. The summed E-state index contributed by atoms with van der Waals surface area (Å²) >= 11 is 0. The van der Waals surface area contributed by atoms with Gasteiger partial charge in [-0.2, -0.15) is 0 Å². The highest BCUT2D eigenvalue weighted by Gasteiger charge is 2.31. The van der Waals surface area contributed by atoms with E-state index < -0.39 is 0 Å². The lowest BCUT2D eigenvalue weighted by molar-refractivity contribution is -0.138. The average Bonchev–Trinajstić information content (AvgIpc) is 2.39. The molecule has 0 aliphatic carbocycles. The van der Waals surface area contributed by atoms with Gasteiger partial charge in [-0.25, -0.2) is 0 Å². The Labute approximate surface area is 122 Å². The van der Waals surface area contributed by atoms with Crippen LogP contribution in [0.2, 0.25) is 0 Å². The summed E-state index contributed by atoms with van der Waals surface area (Å²) < 4.78 is 0. The summed E-state index contributed by atoms with van der Waals surface area (Å²) in [5.41, 5.74) is 0. The van der Waals surface area contributed by atoms with Crippen molar-refractivity contribution < 1.29 is 4.79 Å². The monoisotopic (exact) mass is 297 g/mol.